The summed E-state index contributed by atoms with van der Waals surface area (Å²) >= 11 is 0. The molecule has 10 heteroatoms. The molecule has 1 aliphatic heterocycles. The largest absolute Gasteiger partial charge is 0.378 e. The molecule has 5 rings (SSSR count). The van der Waals surface area contributed by atoms with Crippen LogP contribution in [-0.2, 0) is 26.5 Å². The zero-order valence-electron chi connectivity index (χ0n) is 19.7. The van der Waals surface area contributed by atoms with Gasteiger partial charge in [0, 0.05) is 72.4 Å². The number of hydrogen-bond donors (Lipinski definition) is 2. The molecule has 1 unspecified atom stereocenters. The molecule has 4 aromatic rings. The lowest BCUT2D eigenvalue weighted by Crippen LogP contribution is -2.38. The Bertz CT molecular complexity index is 1460. The molecule has 35 heavy (non-hydrogen) atoms. The van der Waals surface area contributed by atoms with Crippen LogP contribution in [0.5, 0.6) is 0 Å². The van der Waals surface area contributed by atoms with E-state index in [1.165, 1.54) is 6.26 Å². The topological polar surface area (TPSA) is 127 Å². The van der Waals surface area contributed by atoms with E-state index in [9.17, 15) is 8.42 Å². The van der Waals surface area contributed by atoms with Crippen molar-refractivity contribution in [1.82, 2.24) is 19.9 Å². The van der Waals surface area contributed by atoms with Crippen molar-refractivity contribution in [2.24, 2.45) is 5.73 Å². The Morgan fingerprint density at radius 3 is 2.69 bits per heavy atom. The van der Waals surface area contributed by atoms with Gasteiger partial charge in [-0.1, -0.05) is 6.07 Å². The number of pyridine rings is 1. The fraction of sp³-hybridized carbons (Fsp3) is 0.320. The van der Waals surface area contributed by atoms with Gasteiger partial charge in [0.15, 0.2) is 9.84 Å². The van der Waals surface area contributed by atoms with Crippen LogP contribution >= 0.6 is 0 Å². The van der Waals surface area contributed by atoms with Gasteiger partial charge in [-0.2, -0.15) is 0 Å². The van der Waals surface area contributed by atoms with Crippen LogP contribution in [0.1, 0.15) is 18.3 Å². The molecule has 4 heterocycles. The van der Waals surface area contributed by atoms with E-state index >= 15 is 0 Å². The van der Waals surface area contributed by atoms with Crippen molar-refractivity contribution in [3.8, 4) is 11.3 Å². The smallest absolute Gasteiger partial charge is 0.175 e. The summed E-state index contributed by atoms with van der Waals surface area (Å²) in [5.74, 6) is 1.34. The number of anilines is 1. The number of nitrogens with two attached hydrogens (primary N) is 1. The second-order valence-corrected chi connectivity index (χ2v) is 11.2. The second-order valence-electron chi connectivity index (χ2n) is 9.14. The van der Waals surface area contributed by atoms with E-state index in [0.717, 1.165) is 27.8 Å². The van der Waals surface area contributed by atoms with E-state index in [4.69, 9.17) is 20.4 Å². The van der Waals surface area contributed by atoms with Gasteiger partial charge in [0.1, 0.15) is 11.6 Å². The highest BCUT2D eigenvalue weighted by molar-refractivity contribution is 7.90. The minimum absolute atomic E-state index is 0.231. The molecular weight excluding hydrogens is 464 g/mol. The molecule has 0 bridgehead atoms. The molecule has 1 fully saturated rings. The predicted molar refractivity (Wildman–Crippen MR) is 135 cm³/mol. The molecule has 0 spiro atoms. The van der Waals surface area contributed by atoms with Crippen molar-refractivity contribution in [3.63, 3.8) is 0 Å². The molecule has 9 nitrogen and oxygen atoms in total. The van der Waals surface area contributed by atoms with E-state index < -0.39 is 15.4 Å². The fourth-order valence-corrected chi connectivity index (χ4v) is 5.02. The number of hydrogen-bond acceptors (Lipinski definition) is 8. The van der Waals surface area contributed by atoms with Gasteiger partial charge in [-0.05, 0) is 36.8 Å². The first-order valence-electron chi connectivity index (χ1n) is 11.4. The van der Waals surface area contributed by atoms with E-state index in [-0.39, 0.29) is 4.90 Å². The highest BCUT2D eigenvalue weighted by Gasteiger charge is 2.26. The monoisotopic (exact) mass is 492 g/mol. The first-order valence-corrected chi connectivity index (χ1v) is 13.3. The highest BCUT2D eigenvalue weighted by atomic mass is 32.2. The third-order valence-corrected chi connectivity index (χ3v) is 7.38. The van der Waals surface area contributed by atoms with Crippen LogP contribution in [0.25, 0.3) is 22.2 Å². The minimum atomic E-state index is -3.43. The van der Waals surface area contributed by atoms with Crippen LogP contribution < -0.4 is 10.6 Å². The number of fused-ring (bicyclic) bond motifs is 1. The first kappa shape index (κ1) is 23.4. The molecule has 1 atom stereocenters. The summed E-state index contributed by atoms with van der Waals surface area (Å²) in [5, 5.41) is 0.887. The Morgan fingerprint density at radius 2 is 1.97 bits per heavy atom. The van der Waals surface area contributed by atoms with Crippen molar-refractivity contribution in [2.75, 3.05) is 37.5 Å². The lowest BCUT2D eigenvalue weighted by molar-refractivity contribution is 0.122. The number of nitrogens with one attached hydrogen (secondary N) is 1. The number of morpholine rings is 1. The quantitative estimate of drug-likeness (QED) is 0.421. The number of aromatic nitrogens is 4. The molecule has 1 aliphatic rings. The van der Waals surface area contributed by atoms with Crippen molar-refractivity contribution >= 4 is 26.6 Å². The Kier molecular flexibility index (Phi) is 6.04. The zero-order valence-corrected chi connectivity index (χ0v) is 20.5. The Labute approximate surface area is 204 Å². The third kappa shape index (κ3) is 4.90. The molecular formula is C25H28N6O3S. The SMILES string of the molecule is CC(N)(Cc1nc(-c2cc(S(C)(=O)=O)cc3[nH]ccc23)cc(N2CCOCC2)n1)c1cccnc1. The zero-order chi connectivity index (χ0) is 24.6. The maximum atomic E-state index is 12.4. The normalized spacial score (nSPS) is 16.4. The summed E-state index contributed by atoms with van der Waals surface area (Å²) < 4.78 is 30.4. The number of H-pyrrole nitrogens is 1. The average molecular weight is 493 g/mol. The Hall–Kier alpha value is -3.34. The number of nitrogens with zero attached hydrogens (tertiary/aromatic N) is 4. The lowest BCUT2D eigenvalue weighted by Gasteiger charge is -2.29. The van der Waals surface area contributed by atoms with Crippen LogP contribution in [0.15, 0.2) is 59.9 Å². The molecule has 0 saturated carbocycles. The first-order chi connectivity index (χ1) is 16.7. The van der Waals surface area contributed by atoms with Crippen LogP contribution in [0.2, 0.25) is 0 Å². The number of benzene rings is 1. The van der Waals surface area contributed by atoms with Gasteiger partial charge in [-0.15, -0.1) is 0 Å². The molecule has 1 aromatic carbocycles. The summed E-state index contributed by atoms with van der Waals surface area (Å²) in [6.45, 7) is 4.58. The van der Waals surface area contributed by atoms with Crippen LogP contribution in [0.4, 0.5) is 5.82 Å². The van der Waals surface area contributed by atoms with Gasteiger partial charge in [-0.25, -0.2) is 18.4 Å². The summed E-state index contributed by atoms with van der Waals surface area (Å²) in [6, 6.07) is 11.0. The van der Waals surface area contributed by atoms with Crippen molar-refractivity contribution in [3.05, 3.63) is 66.4 Å². The van der Waals surface area contributed by atoms with Gasteiger partial charge in [0.2, 0.25) is 0 Å². The van der Waals surface area contributed by atoms with E-state index in [1.807, 2.05) is 31.2 Å². The van der Waals surface area contributed by atoms with Gasteiger partial charge < -0.3 is 20.4 Å². The molecule has 1 saturated heterocycles. The fourth-order valence-electron chi connectivity index (χ4n) is 4.35. The Morgan fingerprint density at radius 1 is 1.17 bits per heavy atom. The molecule has 0 radical (unpaired) electrons. The Balaban J connectivity index is 1.66. The molecule has 3 N–H and O–H groups in total. The number of sulfone groups is 1. The summed E-state index contributed by atoms with van der Waals surface area (Å²) in [7, 11) is -3.43. The summed E-state index contributed by atoms with van der Waals surface area (Å²) in [5.41, 5.74) is 8.95. The van der Waals surface area contributed by atoms with Crippen LogP contribution in [0.3, 0.4) is 0 Å². The van der Waals surface area contributed by atoms with Gasteiger partial charge in [0.05, 0.1) is 23.8 Å². The van der Waals surface area contributed by atoms with Gasteiger partial charge in [-0.3, -0.25) is 4.98 Å². The number of rotatable bonds is 6. The minimum Gasteiger partial charge on any atom is -0.378 e. The molecule has 182 valence electrons. The van der Waals surface area contributed by atoms with Crippen molar-refractivity contribution in [2.45, 2.75) is 23.8 Å². The van der Waals surface area contributed by atoms with Gasteiger partial charge >= 0.3 is 0 Å². The van der Waals surface area contributed by atoms with Gasteiger partial charge in [0.25, 0.3) is 0 Å². The standard InChI is InChI=1S/C25H28N6O3S/c1-25(26,17-4-3-6-27-16-17)15-23-29-22(14-24(30-23)31-8-10-34-11-9-31)20-12-18(35(2,32)33)13-21-19(20)5-7-28-21/h3-7,12-14,16,28H,8-11,15,26H2,1-2H3. The number of ether oxygens (including phenoxy) is 1. The van der Waals surface area contributed by atoms with E-state index in [0.29, 0.717) is 44.2 Å². The number of aromatic amines is 1. The molecule has 0 amide bonds. The van der Waals surface area contributed by atoms with Crippen LogP contribution in [-0.4, -0.2) is 60.9 Å². The molecule has 3 aromatic heterocycles. The maximum absolute atomic E-state index is 12.4. The third-order valence-electron chi connectivity index (χ3n) is 6.29. The lowest BCUT2D eigenvalue weighted by atomic mass is 9.90. The predicted octanol–water partition coefficient (Wildman–Crippen LogP) is 2.68. The van der Waals surface area contributed by atoms with E-state index in [1.54, 1.807) is 30.7 Å². The highest BCUT2D eigenvalue weighted by Crippen LogP contribution is 2.33. The summed E-state index contributed by atoms with van der Waals surface area (Å²) in [4.78, 5) is 19.5. The maximum Gasteiger partial charge on any atom is 0.175 e. The second kappa shape index (κ2) is 9.03. The van der Waals surface area contributed by atoms with E-state index in [2.05, 4.69) is 14.9 Å². The van der Waals surface area contributed by atoms with Crippen LogP contribution in [0, 0.1) is 0 Å². The van der Waals surface area contributed by atoms with Crippen molar-refractivity contribution in [1.29, 1.82) is 0 Å². The summed E-state index contributed by atoms with van der Waals surface area (Å²) in [6.07, 6.45) is 6.85. The average Bonchev–Trinajstić information content (AvgIpc) is 3.32. The van der Waals surface area contributed by atoms with Crippen molar-refractivity contribution < 1.29 is 13.2 Å². The molecule has 0 aliphatic carbocycles.